The third kappa shape index (κ3) is 6.11. The molecular weight excluding hydrogens is 336 g/mol. The van der Waals surface area contributed by atoms with Gasteiger partial charge in [-0.2, -0.15) is 0 Å². The van der Waals surface area contributed by atoms with Crippen molar-refractivity contribution in [2.45, 2.75) is 23.6 Å². The number of nitrogens with zero attached hydrogens (tertiary/aromatic N) is 2. The molecule has 0 saturated heterocycles. The topological polar surface area (TPSA) is 79.6 Å². The molecule has 2 N–H and O–H groups in total. The Kier molecular flexibility index (Phi) is 7.28. The molecule has 7 heteroatoms. The first kappa shape index (κ1) is 18.8. The maximum absolute atomic E-state index is 11.1. The molecule has 2 aromatic rings. The second-order valence-electron chi connectivity index (χ2n) is 5.43. The molecule has 1 unspecified atom stereocenters. The molecule has 0 spiro atoms. The SMILES string of the molecule is CN=C(NCc1ccccc1[N+](=O)[O-])NCC(C)Sc1ccccc1. The van der Waals surface area contributed by atoms with Crippen LogP contribution in [0.4, 0.5) is 5.69 Å². The summed E-state index contributed by atoms with van der Waals surface area (Å²) in [4.78, 5) is 16.1. The van der Waals surface area contributed by atoms with Gasteiger partial charge in [-0.25, -0.2) is 0 Å². The van der Waals surface area contributed by atoms with E-state index in [1.807, 2.05) is 18.2 Å². The van der Waals surface area contributed by atoms with Crippen molar-refractivity contribution in [2.24, 2.45) is 4.99 Å². The minimum Gasteiger partial charge on any atom is -0.355 e. The van der Waals surface area contributed by atoms with Crippen molar-refractivity contribution < 1.29 is 4.92 Å². The number of nitro groups is 1. The second-order valence-corrected chi connectivity index (χ2v) is 6.95. The number of hydrogen-bond acceptors (Lipinski definition) is 4. The van der Waals surface area contributed by atoms with Crippen molar-refractivity contribution in [3.05, 3.63) is 70.3 Å². The molecule has 0 radical (unpaired) electrons. The Labute approximate surface area is 151 Å². The van der Waals surface area contributed by atoms with Crippen molar-refractivity contribution in [1.82, 2.24) is 10.6 Å². The lowest BCUT2D eigenvalue weighted by atomic mass is 10.2. The summed E-state index contributed by atoms with van der Waals surface area (Å²) in [6.45, 7) is 3.22. The number of nitrogens with one attached hydrogen (secondary N) is 2. The van der Waals surface area contributed by atoms with Crippen LogP contribution in [0.2, 0.25) is 0 Å². The predicted octanol–water partition coefficient (Wildman–Crippen LogP) is 3.44. The summed E-state index contributed by atoms with van der Waals surface area (Å²) < 4.78 is 0. The van der Waals surface area contributed by atoms with Crippen LogP contribution < -0.4 is 10.6 Å². The van der Waals surface area contributed by atoms with Gasteiger partial charge in [0.2, 0.25) is 0 Å². The number of nitro benzene ring substituents is 1. The number of hydrogen-bond donors (Lipinski definition) is 2. The quantitative estimate of drug-likeness (QED) is 0.261. The predicted molar refractivity (Wildman–Crippen MR) is 103 cm³/mol. The molecule has 132 valence electrons. The Morgan fingerprint density at radius 1 is 1.16 bits per heavy atom. The Balaban J connectivity index is 1.84. The van der Waals surface area contributed by atoms with E-state index >= 15 is 0 Å². The van der Waals surface area contributed by atoms with Crippen molar-refractivity contribution in [1.29, 1.82) is 0 Å². The van der Waals surface area contributed by atoms with Gasteiger partial charge in [0.1, 0.15) is 0 Å². The van der Waals surface area contributed by atoms with Crippen molar-refractivity contribution in [3.8, 4) is 0 Å². The van der Waals surface area contributed by atoms with Crippen LogP contribution in [0, 0.1) is 10.1 Å². The molecule has 0 saturated carbocycles. The average molecular weight is 358 g/mol. The lowest BCUT2D eigenvalue weighted by Gasteiger charge is -2.16. The van der Waals surface area contributed by atoms with Crippen LogP contribution >= 0.6 is 11.8 Å². The third-order valence-corrected chi connectivity index (χ3v) is 4.61. The molecule has 0 heterocycles. The van der Waals surface area contributed by atoms with Gasteiger partial charge in [0.05, 0.1) is 4.92 Å². The van der Waals surface area contributed by atoms with Gasteiger partial charge in [0, 0.05) is 41.9 Å². The molecule has 6 nitrogen and oxygen atoms in total. The monoisotopic (exact) mass is 358 g/mol. The fourth-order valence-corrected chi connectivity index (χ4v) is 3.20. The maximum Gasteiger partial charge on any atom is 0.274 e. The fourth-order valence-electron chi connectivity index (χ4n) is 2.25. The van der Waals surface area contributed by atoms with Crippen LogP contribution in [0.15, 0.2) is 64.5 Å². The van der Waals surface area contributed by atoms with E-state index in [0.717, 1.165) is 6.54 Å². The number of benzene rings is 2. The number of para-hydroxylation sites is 1. The molecule has 0 aliphatic rings. The third-order valence-electron chi connectivity index (χ3n) is 3.50. The van der Waals surface area contributed by atoms with E-state index in [0.29, 0.717) is 23.3 Å². The summed E-state index contributed by atoms with van der Waals surface area (Å²) in [5, 5.41) is 17.8. The van der Waals surface area contributed by atoms with Crippen LogP contribution in [-0.2, 0) is 6.54 Å². The molecule has 0 amide bonds. The summed E-state index contributed by atoms with van der Waals surface area (Å²) in [5.74, 6) is 0.624. The molecule has 2 aromatic carbocycles. The first-order valence-electron chi connectivity index (χ1n) is 7.98. The largest absolute Gasteiger partial charge is 0.355 e. The molecule has 0 aliphatic carbocycles. The van der Waals surface area contributed by atoms with Crippen LogP contribution in [0.1, 0.15) is 12.5 Å². The van der Waals surface area contributed by atoms with Crippen LogP contribution in [-0.4, -0.2) is 29.7 Å². The Morgan fingerprint density at radius 2 is 1.84 bits per heavy atom. The maximum atomic E-state index is 11.1. The van der Waals surface area contributed by atoms with Crippen molar-refractivity contribution in [3.63, 3.8) is 0 Å². The minimum absolute atomic E-state index is 0.110. The van der Waals surface area contributed by atoms with Crippen LogP contribution in [0.3, 0.4) is 0 Å². The Bertz CT molecular complexity index is 722. The molecule has 0 fully saturated rings. The van der Waals surface area contributed by atoms with Gasteiger partial charge >= 0.3 is 0 Å². The zero-order valence-corrected chi connectivity index (χ0v) is 15.1. The summed E-state index contributed by atoms with van der Waals surface area (Å²) in [6.07, 6.45) is 0. The fraction of sp³-hybridized carbons (Fsp3) is 0.278. The van der Waals surface area contributed by atoms with E-state index in [1.54, 1.807) is 37.0 Å². The molecule has 1 atom stereocenters. The summed E-state index contributed by atoms with van der Waals surface area (Å²) in [7, 11) is 1.68. The van der Waals surface area contributed by atoms with E-state index in [4.69, 9.17) is 0 Å². The van der Waals surface area contributed by atoms with Crippen molar-refractivity contribution in [2.75, 3.05) is 13.6 Å². The smallest absolute Gasteiger partial charge is 0.274 e. The van der Waals surface area contributed by atoms with E-state index in [2.05, 4.69) is 34.7 Å². The van der Waals surface area contributed by atoms with Crippen molar-refractivity contribution >= 4 is 23.4 Å². The lowest BCUT2D eigenvalue weighted by molar-refractivity contribution is -0.385. The summed E-state index contributed by atoms with van der Waals surface area (Å²) in [5.41, 5.74) is 0.737. The summed E-state index contributed by atoms with van der Waals surface area (Å²) in [6, 6.07) is 16.9. The Hall–Kier alpha value is -2.54. The van der Waals surface area contributed by atoms with E-state index < -0.39 is 0 Å². The highest BCUT2D eigenvalue weighted by Gasteiger charge is 2.12. The molecule has 2 rings (SSSR count). The molecule has 0 aromatic heterocycles. The lowest BCUT2D eigenvalue weighted by Crippen LogP contribution is -2.39. The standard InChI is InChI=1S/C18H22N4O2S/c1-14(25-16-9-4-3-5-10-16)12-20-18(19-2)21-13-15-8-6-7-11-17(15)22(23)24/h3-11,14H,12-13H2,1-2H3,(H2,19,20,21). The normalized spacial score (nSPS) is 12.5. The van der Waals surface area contributed by atoms with E-state index in [-0.39, 0.29) is 10.6 Å². The number of aliphatic imine (C=N–C) groups is 1. The number of guanidine groups is 1. The van der Waals surface area contributed by atoms with E-state index in [9.17, 15) is 10.1 Å². The summed E-state index contributed by atoms with van der Waals surface area (Å²) >= 11 is 1.78. The number of rotatable bonds is 7. The average Bonchev–Trinajstić information content (AvgIpc) is 2.63. The highest BCUT2D eigenvalue weighted by Crippen LogP contribution is 2.22. The highest BCUT2D eigenvalue weighted by atomic mass is 32.2. The minimum atomic E-state index is -0.369. The van der Waals surface area contributed by atoms with Gasteiger partial charge in [-0.1, -0.05) is 43.3 Å². The number of thioether (sulfide) groups is 1. The van der Waals surface area contributed by atoms with Gasteiger partial charge in [-0.15, -0.1) is 11.8 Å². The highest BCUT2D eigenvalue weighted by molar-refractivity contribution is 8.00. The van der Waals surface area contributed by atoms with E-state index in [1.165, 1.54) is 11.0 Å². The van der Waals surface area contributed by atoms with Gasteiger partial charge in [0.25, 0.3) is 5.69 Å². The first-order chi connectivity index (χ1) is 12.1. The zero-order valence-electron chi connectivity index (χ0n) is 14.3. The molecule has 0 aliphatic heterocycles. The first-order valence-corrected chi connectivity index (χ1v) is 8.86. The molecule has 25 heavy (non-hydrogen) atoms. The van der Waals surface area contributed by atoms with Crippen LogP contribution in [0.5, 0.6) is 0 Å². The van der Waals surface area contributed by atoms with Crippen LogP contribution in [0.25, 0.3) is 0 Å². The molecule has 0 bridgehead atoms. The second kappa shape index (κ2) is 9.68. The zero-order chi connectivity index (χ0) is 18.1. The van der Waals surface area contributed by atoms with Gasteiger partial charge < -0.3 is 10.6 Å². The Morgan fingerprint density at radius 3 is 2.52 bits per heavy atom. The van der Waals surface area contributed by atoms with Gasteiger partial charge in [0.15, 0.2) is 5.96 Å². The van der Waals surface area contributed by atoms with Gasteiger partial charge in [-0.05, 0) is 12.1 Å². The van der Waals surface area contributed by atoms with Gasteiger partial charge in [-0.3, -0.25) is 15.1 Å². The molecular formula is C18H22N4O2S.